The summed E-state index contributed by atoms with van der Waals surface area (Å²) in [7, 11) is 0. The number of carbonyl (C=O) groups excluding carboxylic acids is 1. The van der Waals surface area contributed by atoms with E-state index in [1.54, 1.807) is 5.01 Å². The molecule has 0 aliphatic carbocycles. The van der Waals surface area contributed by atoms with E-state index in [4.69, 9.17) is 0 Å². The van der Waals surface area contributed by atoms with Gasteiger partial charge in [-0.25, -0.2) is 5.01 Å². The molecule has 0 spiro atoms. The Bertz CT molecular complexity index is 235. The number of hydrogen-bond acceptors (Lipinski definition) is 2. The minimum Gasteiger partial charge on any atom is -0.273 e. The van der Waals surface area contributed by atoms with Crippen LogP contribution < -0.4 is 0 Å². The summed E-state index contributed by atoms with van der Waals surface area (Å²) in [5.41, 5.74) is 1.17. The Balaban J connectivity index is 2.74. The molecule has 0 radical (unpaired) electrons. The molecule has 0 saturated carbocycles. The van der Waals surface area contributed by atoms with Crippen LogP contribution in [0.25, 0.3) is 0 Å². The Morgan fingerprint density at radius 2 is 2.14 bits per heavy atom. The highest BCUT2D eigenvalue weighted by atomic mass is 16.2. The molecule has 0 aromatic carbocycles. The van der Waals surface area contributed by atoms with Crippen LogP contribution in [0.15, 0.2) is 5.10 Å². The van der Waals surface area contributed by atoms with Crippen LogP contribution in [0, 0.1) is 5.92 Å². The van der Waals surface area contributed by atoms with E-state index in [-0.39, 0.29) is 11.8 Å². The van der Waals surface area contributed by atoms with E-state index in [0.717, 1.165) is 25.7 Å². The molecular formula is C11H20N2O. The fourth-order valence-electron chi connectivity index (χ4n) is 1.86. The quantitative estimate of drug-likeness (QED) is 0.679. The molecule has 0 saturated heterocycles. The van der Waals surface area contributed by atoms with E-state index in [1.165, 1.54) is 5.71 Å². The van der Waals surface area contributed by atoms with Crippen LogP contribution in [0.2, 0.25) is 0 Å². The molecule has 1 amide bonds. The van der Waals surface area contributed by atoms with E-state index in [1.807, 2.05) is 6.92 Å². The average Bonchev–Trinajstić information content (AvgIpc) is 2.21. The Kier molecular flexibility index (Phi) is 4.11. The van der Waals surface area contributed by atoms with Gasteiger partial charge in [0.05, 0.1) is 0 Å². The van der Waals surface area contributed by atoms with Gasteiger partial charge in [-0.1, -0.05) is 20.3 Å². The van der Waals surface area contributed by atoms with Gasteiger partial charge in [0.2, 0.25) is 5.91 Å². The van der Waals surface area contributed by atoms with Gasteiger partial charge in [-0.05, 0) is 26.2 Å². The van der Waals surface area contributed by atoms with Crippen molar-refractivity contribution in [3.63, 3.8) is 0 Å². The van der Waals surface area contributed by atoms with Crippen LogP contribution in [0.4, 0.5) is 0 Å². The maximum atomic E-state index is 11.8. The Hall–Kier alpha value is -0.860. The highest BCUT2D eigenvalue weighted by Crippen LogP contribution is 2.21. The lowest BCUT2D eigenvalue weighted by Crippen LogP contribution is -2.38. The standard InChI is InChI=1S/C11H20N2O/c1-4-7-9-8-10(5-2)12-13(6-3)11(9)14/h9H,4-8H2,1-3H3. The first-order chi connectivity index (χ1) is 6.72. The predicted molar refractivity (Wildman–Crippen MR) is 58.1 cm³/mol. The van der Waals surface area contributed by atoms with Crippen molar-refractivity contribution in [1.82, 2.24) is 5.01 Å². The molecule has 1 heterocycles. The lowest BCUT2D eigenvalue weighted by molar-refractivity contribution is -0.136. The third-order valence-electron chi connectivity index (χ3n) is 2.69. The molecule has 0 aromatic heterocycles. The van der Waals surface area contributed by atoms with Gasteiger partial charge in [0.15, 0.2) is 0 Å². The van der Waals surface area contributed by atoms with Crippen LogP contribution in [-0.4, -0.2) is 23.2 Å². The Labute approximate surface area is 86.2 Å². The monoisotopic (exact) mass is 196 g/mol. The summed E-state index contributed by atoms with van der Waals surface area (Å²) in [5, 5.41) is 5.96. The van der Waals surface area contributed by atoms with Gasteiger partial charge in [-0.3, -0.25) is 4.79 Å². The maximum Gasteiger partial charge on any atom is 0.246 e. The van der Waals surface area contributed by atoms with E-state index >= 15 is 0 Å². The summed E-state index contributed by atoms with van der Waals surface area (Å²) in [4.78, 5) is 11.8. The number of carbonyl (C=O) groups is 1. The maximum absolute atomic E-state index is 11.8. The second kappa shape index (κ2) is 5.13. The zero-order valence-corrected chi connectivity index (χ0v) is 9.42. The highest BCUT2D eigenvalue weighted by molar-refractivity contribution is 5.93. The van der Waals surface area contributed by atoms with Crippen LogP contribution in [0.5, 0.6) is 0 Å². The van der Waals surface area contributed by atoms with Crippen LogP contribution in [0.1, 0.15) is 46.5 Å². The summed E-state index contributed by atoms with van der Waals surface area (Å²) in [6.45, 7) is 6.90. The second-order valence-corrected chi connectivity index (χ2v) is 3.76. The highest BCUT2D eigenvalue weighted by Gasteiger charge is 2.28. The van der Waals surface area contributed by atoms with Crippen LogP contribution in [0.3, 0.4) is 0 Å². The summed E-state index contributed by atoms with van der Waals surface area (Å²) >= 11 is 0. The molecule has 14 heavy (non-hydrogen) atoms. The lowest BCUT2D eigenvalue weighted by Gasteiger charge is -2.28. The molecule has 1 aliphatic rings. The van der Waals surface area contributed by atoms with Gasteiger partial charge in [-0.2, -0.15) is 5.10 Å². The summed E-state index contributed by atoms with van der Waals surface area (Å²) < 4.78 is 0. The molecular weight excluding hydrogens is 176 g/mol. The number of rotatable bonds is 4. The van der Waals surface area contributed by atoms with Crippen molar-refractivity contribution in [2.45, 2.75) is 46.5 Å². The van der Waals surface area contributed by atoms with Crippen molar-refractivity contribution >= 4 is 11.6 Å². The molecule has 0 fully saturated rings. The van der Waals surface area contributed by atoms with Gasteiger partial charge in [-0.15, -0.1) is 0 Å². The first-order valence-electron chi connectivity index (χ1n) is 5.60. The molecule has 80 valence electrons. The number of amides is 1. The SMILES string of the molecule is CCCC1CC(CC)=NN(CC)C1=O. The van der Waals surface area contributed by atoms with E-state index in [2.05, 4.69) is 18.9 Å². The fourth-order valence-corrected chi connectivity index (χ4v) is 1.86. The molecule has 1 unspecified atom stereocenters. The first kappa shape index (κ1) is 11.2. The van der Waals surface area contributed by atoms with Crippen LogP contribution >= 0.6 is 0 Å². The van der Waals surface area contributed by atoms with Gasteiger partial charge >= 0.3 is 0 Å². The topological polar surface area (TPSA) is 32.7 Å². The smallest absolute Gasteiger partial charge is 0.246 e. The second-order valence-electron chi connectivity index (χ2n) is 3.76. The average molecular weight is 196 g/mol. The largest absolute Gasteiger partial charge is 0.273 e. The zero-order valence-electron chi connectivity index (χ0n) is 9.42. The zero-order chi connectivity index (χ0) is 10.6. The van der Waals surface area contributed by atoms with Crippen molar-refractivity contribution in [2.24, 2.45) is 11.0 Å². The van der Waals surface area contributed by atoms with Gasteiger partial charge in [0.1, 0.15) is 0 Å². The van der Waals surface area contributed by atoms with E-state index < -0.39 is 0 Å². The summed E-state index contributed by atoms with van der Waals surface area (Å²) in [5.74, 6) is 0.402. The Morgan fingerprint density at radius 3 is 2.64 bits per heavy atom. The fraction of sp³-hybridized carbons (Fsp3) is 0.818. The van der Waals surface area contributed by atoms with Crippen molar-refractivity contribution < 1.29 is 4.79 Å². The predicted octanol–water partition coefficient (Wildman–Crippen LogP) is 2.42. The lowest BCUT2D eigenvalue weighted by atomic mass is 9.93. The molecule has 3 nitrogen and oxygen atoms in total. The molecule has 0 N–H and O–H groups in total. The first-order valence-corrected chi connectivity index (χ1v) is 5.60. The molecule has 0 bridgehead atoms. The minimum absolute atomic E-state index is 0.187. The number of hydrogen-bond donors (Lipinski definition) is 0. The Morgan fingerprint density at radius 1 is 1.43 bits per heavy atom. The van der Waals surface area contributed by atoms with Gasteiger partial charge in [0, 0.05) is 18.2 Å². The van der Waals surface area contributed by atoms with Crippen molar-refractivity contribution in [3.05, 3.63) is 0 Å². The van der Waals surface area contributed by atoms with E-state index in [0.29, 0.717) is 6.54 Å². The van der Waals surface area contributed by atoms with Crippen molar-refractivity contribution in [3.8, 4) is 0 Å². The van der Waals surface area contributed by atoms with Crippen molar-refractivity contribution in [1.29, 1.82) is 0 Å². The van der Waals surface area contributed by atoms with Gasteiger partial charge < -0.3 is 0 Å². The molecule has 3 heteroatoms. The summed E-state index contributed by atoms with van der Waals surface area (Å²) in [6.07, 6.45) is 3.91. The van der Waals surface area contributed by atoms with Crippen molar-refractivity contribution in [2.75, 3.05) is 6.54 Å². The van der Waals surface area contributed by atoms with Crippen LogP contribution in [-0.2, 0) is 4.79 Å². The van der Waals surface area contributed by atoms with Gasteiger partial charge in [0.25, 0.3) is 0 Å². The molecule has 0 aromatic rings. The number of hydrazone groups is 1. The third-order valence-corrected chi connectivity index (χ3v) is 2.69. The summed E-state index contributed by atoms with van der Waals surface area (Å²) in [6, 6.07) is 0. The molecule has 1 aliphatic heterocycles. The molecule has 1 rings (SSSR count). The third kappa shape index (κ3) is 2.34. The van der Waals surface area contributed by atoms with E-state index in [9.17, 15) is 4.79 Å². The normalized spacial score (nSPS) is 22.5. The number of nitrogens with zero attached hydrogens (tertiary/aromatic N) is 2. The minimum atomic E-state index is 0.187. The molecule has 1 atom stereocenters.